The van der Waals surface area contributed by atoms with Gasteiger partial charge in [0.15, 0.2) is 0 Å². The van der Waals surface area contributed by atoms with Gasteiger partial charge >= 0.3 is 0 Å². The monoisotopic (exact) mass is 689 g/mol. The molecule has 0 N–H and O–H groups in total. The fraction of sp³-hybridized carbons (Fsp3) is 0.0566. The molecule has 1 aliphatic rings. The quantitative estimate of drug-likeness (QED) is 0.157. The summed E-state index contributed by atoms with van der Waals surface area (Å²) in [6.45, 7) is 4.73. The van der Waals surface area contributed by atoms with E-state index in [9.17, 15) is 0 Å². The number of hydrogen-bond donors (Lipinski definition) is 0. The minimum Gasteiger partial charge on any atom is -0.310 e. The summed E-state index contributed by atoms with van der Waals surface area (Å²) in [7, 11) is 0. The molecule has 0 radical (unpaired) electrons. The molecule has 1 heteroatoms. The summed E-state index contributed by atoms with van der Waals surface area (Å²) >= 11 is 0. The Morgan fingerprint density at radius 1 is 0.352 bits per heavy atom. The predicted molar refractivity (Wildman–Crippen MR) is 230 cm³/mol. The van der Waals surface area contributed by atoms with Crippen molar-refractivity contribution >= 4 is 38.6 Å². The van der Waals surface area contributed by atoms with Crippen molar-refractivity contribution in [2.75, 3.05) is 4.90 Å². The van der Waals surface area contributed by atoms with Crippen LogP contribution in [-0.2, 0) is 5.41 Å². The molecule has 0 spiro atoms. The summed E-state index contributed by atoms with van der Waals surface area (Å²) in [5.41, 5.74) is 15.8. The van der Waals surface area contributed by atoms with Gasteiger partial charge < -0.3 is 4.90 Å². The van der Waals surface area contributed by atoms with E-state index < -0.39 is 0 Å². The number of benzene rings is 9. The highest BCUT2D eigenvalue weighted by Gasteiger charge is 2.36. The lowest BCUT2D eigenvalue weighted by Gasteiger charge is -2.31. The van der Waals surface area contributed by atoms with E-state index in [4.69, 9.17) is 0 Å². The largest absolute Gasteiger partial charge is 0.310 e. The van der Waals surface area contributed by atoms with Crippen molar-refractivity contribution in [3.63, 3.8) is 0 Å². The number of anilines is 3. The molecule has 1 aliphatic carbocycles. The Hall–Kier alpha value is -6.70. The molecule has 0 heterocycles. The van der Waals surface area contributed by atoms with Crippen LogP contribution in [0.5, 0.6) is 0 Å². The lowest BCUT2D eigenvalue weighted by atomic mass is 9.82. The number of rotatable bonds is 6. The molecule has 0 aliphatic heterocycles. The van der Waals surface area contributed by atoms with E-state index in [2.05, 4.69) is 219 Å². The van der Waals surface area contributed by atoms with Gasteiger partial charge in [-0.25, -0.2) is 0 Å². The van der Waals surface area contributed by atoms with Crippen molar-refractivity contribution in [3.8, 4) is 44.5 Å². The van der Waals surface area contributed by atoms with Crippen LogP contribution in [-0.4, -0.2) is 0 Å². The second kappa shape index (κ2) is 12.8. The van der Waals surface area contributed by atoms with Crippen molar-refractivity contribution in [2.24, 2.45) is 0 Å². The van der Waals surface area contributed by atoms with E-state index >= 15 is 0 Å². The van der Waals surface area contributed by atoms with Crippen LogP contribution in [0.1, 0.15) is 25.0 Å². The lowest BCUT2D eigenvalue weighted by Crippen LogP contribution is -2.17. The van der Waals surface area contributed by atoms with E-state index in [0.717, 1.165) is 17.1 Å². The minimum atomic E-state index is -0.136. The molecule has 0 fully saturated rings. The molecule has 256 valence electrons. The fourth-order valence-corrected chi connectivity index (χ4v) is 8.84. The molecular weight excluding hydrogens is 651 g/mol. The van der Waals surface area contributed by atoms with Crippen LogP contribution in [0.4, 0.5) is 17.1 Å². The van der Waals surface area contributed by atoms with Gasteiger partial charge in [-0.1, -0.05) is 178 Å². The average molecular weight is 690 g/mol. The molecule has 0 bridgehead atoms. The predicted octanol–water partition coefficient (Wildman–Crippen LogP) is 14.8. The SMILES string of the molecule is CC1(C)c2ccccc2-c2ccc(N(c3cccc(-c4ccccc4)c3)c3cccc(-c4ccccc4)c3-c3cc4ccccc4c4ccccc34)cc21. The molecule has 10 rings (SSSR count). The lowest BCUT2D eigenvalue weighted by molar-refractivity contribution is 0.660. The van der Waals surface area contributed by atoms with Crippen molar-refractivity contribution in [3.05, 3.63) is 211 Å². The Bertz CT molecular complexity index is 2850. The van der Waals surface area contributed by atoms with Gasteiger partial charge in [0, 0.05) is 22.4 Å². The van der Waals surface area contributed by atoms with Crippen molar-refractivity contribution in [2.45, 2.75) is 19.3 Å². The van der Waals surface area contributed by atoms with E-state index in [1.54, 1.807) is 0 Å². The highest BCUT2D eigenvalue weighted by Crippen LogP contribution is 2.53. The van der Waals surface area contributed by atoms with Crippen LogP contribution < -0.4 is 4.90 Å². The van der Waals surface area contributed by atoms with Crippen molar-refractivity contribution < 1.29 is 0 Å². The number of fused-ring (bicyclic) bond motifs is 6. The number of hydrogen-bond acceptors (Lipinski definition) is 1. The van der Waals surface area contributed by atoms with Gasteiger partial charge in [0.1, 0.15) is 0 Å². The van der Waals surface area contributed by atoms with Gasteiger partial charge in [-0.3, -0.25) is 0 Å². The topological polar surface area (TPSA) is 3.24 Å². The van der Waals surface area contributed by atoms with Crippen LogP contribution in [0.25, 0.3) is 66.1 Å². The maximum absolute atomic E-state index is 2.50. The standard InChI is InChI=1S/C53H39N/c1-53(2)49-29-14-13-27-46(49)47-32-31-41(35-50(47)53)54(40-23-15-22-38(33-40)36-17-5-3-6-18-36)51-30-16-28-43(37-19-7-4-8-20-37)52(51)48-34-39-21-9-10-24-42(39)44-25-11-12-26-45(44)48/h3-35H,1-2H3. The zero-order valence-corrected chi connectivity index (χ0v) is 30.5. The molecule has 9 aromatic carbocycles. The second-order valence-electron chi connectivity index (χ2n) is 14.9. The summed E-state index contributed by atoms with van der Waals surface area (Å²) in [6, 6.07) is 73.5. The van der Waals surface area contributed by atoms with Gasteiger partial charge in [-0.15, -0.1) is 0 Å². The molecule has 0 saturated carbocycles. The van der Waals surface area contributed by atoms with E-state index in [0.29, 0.717) is 0 Å². The third-order valence-corrected chi connectivity index (χ3v) is 11.4. The van der Waals surface area contributed by atoms with Crippen LogP contribution in [0, 0.1) is 0 Å². The van der Waals surface area contributed by atoms with E-state index in [1.807, 2.05) is 0 Å². The molecule has 0 unspecified atom stereocenters. The minimum absolute atomic E-state index is 0.136. The van der Waals surface area contributed by atoms with Gasteiger partial charge in [0.25, 0.3) is 0 Å². The van der Waals surface area contributed by atoms with Gasteiger partial charge in [0.2, 0.25) is 0 Å². The molecule has 0 atom stereocenters. The highest BCUT2D eigenvalue weighted by atomic mass is 15.1. The Morgan fingerprint density at radius 2 is 0.944 bits per heavy atom. The third kappa shape index (κ3) is 5.16. The van der Waals surface area contributed by atoms with E-state index in [-0.39, 0.29) is 5.41 Å². The molecular formula is C53H39N. The second-order valence-corrected chi connectivity index (χ2v) is 14.9. The molecule has 0 aromatic heterocycles. The highest BCUT2D eigenvalue weighted by molar-refractivity contribution is 6.16. The Balaban J connectivity index is 1.30. The summed E-state index contributed by atoms with van der Waals surface area (Å²) in [5, 5.41) is 5.00. The summed E-state index contributed by atoms with van der Waals surface area (Å²) in [4.78, 5) is 2.50. The van der Waals surface area contributed by atoms with Crippen LogP contribution >= 0.6 is 0 Å². The van der Waals surface area contributed by atoms with Crippen LogP contribution in [0.15, 0.2) is 200 Å². The Morgan fingerprint density at radius 3 is 1.76 bits per heavy atom. The summed E-state index contributed by atoms with van der Waals surface area (Å²) < 4.78 is 0. The first-order valence-electron chi connectivity index (χ1n) is 18.9. The van der Waals surface area contributed by atoms with Gasteiger partial charge in [0.05, 0.1) is 5.69 Å². The maximum Gasteiger partial charge on any atom is 0.0546 e. The zero-order valence-electron chi connectivity index (χ0n) is 30.5. The average Bonchev–Trinajstić information content (AvgIpc) is 3.46. The summed E-state index contributed by atoms with van der Waals surface area (Å²) in [6.07, 6.45) is 0. The number of nitrogens with zero attached hydrogens (tertiary/aromatic N) is 1. The first kappa shape index (κ1) is 32.0. The first-order chi connectivity index (χ1) is 26.6. The molecule has 0 amide bonds. The zero-order chi connectivity index (χ0) is 36.2. The molecule has 9 aromatic rings. The fourth-order valence-electron chi connectivity index (χ4n) is 8.84. The normalized spacial score (nSPS) is 12.8. The van der Waals surface area contributed by atoms with Gasteiger partial charge in [-0.2, -0.15) is 0 Å². The van der Waals surface area contributed by atoms with Crippen LogP contribution in [0.2, 0.25) is 0 Å². The smallest absolute Gasteiger partial charge is 0.0546 e. The Labute approximate surface area is 317 Å². The molecule has 54 heavy (non-hydrogen) atoms. The first-order valence-corrected chi connectivity index (χ1v) is 18.9. The maximum atomic E-state index is 2.50. The van der Waals surface area contributed by atoms with Gasteiger partial charge in [-0.05, 0) is 108 Å². The molecule has 1 nitrogen and oxygen atoms in total. The Kier molecular flexibility index (Phi) is 7.56. The third-order valence-electron chi connectivity index (χ3n) is 11.4. The van der Waals surface area contributed by atoms with Crippen molar-refractivity contribution in [1.29, 1.82) is 0 Å². The van der Waals surface area contributed by atoms with Crippen LogP contribution in [0.3, 0.4) is 0 Å². The van der Waals surface area contributed by atoms with Crippen molar-refractivity contribution in [1.82, 2.24) is 0 Å². The van der Waals surface area contributed by atoms with E-state index in [1.165, 1.54) is 77.2 Å². The summed E-state index contributed by atoms with van der Waals surface area (Å²) in [5.74, 6) is 0. The molecule has 0 saturated heterocycles.